The molecule has 0 spiro atoms. The van der Waals surface area contributed by atoms with Gasteiger partial charge in [0.1, 0.15) is 17.4 Å². The number of hydrogen-bond donors (Lipinski definition) is 2. The van der Waals surface area contributed by atoms with Crippen LogP contribution in [0.2, 0.25) is 0 Å². The fourth-order valence-electron chi connectivity index (χ4n) is 5.48. The van der Waals surface area contributed by atoms with E-state index in [0.29, 0.717) is 29.9 Å². The van der Waals surface area contributed by atoms with Crippen molar-refractivity contribution in [3.63, 3.8) is 0 Å². The highest BCUT2D eigenvalue weighted by Crippen LogP contribution is 2.59. The van der Waals surface area contributed by atoms with E-state index < -0.39 is 47.1 Å². The summed E-state index contributed by atoms with van der Waals surface area (Å²) in [6, 6.07) is 4.04. The Bertz CT molecular complexity index is 1310. The number of nitrogens with zero attached hydrogens (tertiary/aromatic N) is 3. The minimum atomic E-state index is -4.74. The lowest BCUT2D eigenvalue weighted by atomic mass is 9.77. The van der Waals surface area contributed by atoms with Crippen LogP contribution in [0.3, 0.4) is 0 Å². The van der Waals surface area contributed by atoms with E-state index in [0.717, 1.165) is 26.6 Å². The number of pyridine rings is 1. The largest absolute Gasteiger partial charge is 0.493 e. The van der Waals surface area contributed by atoms with Crippen LogP contribution in [-0.4, -0.2) is 59.5 Å². The number of aromatic amines is 1. The Kier molecular flexibility index (Phi) is 6.30. The minimum absolute atomic E-state index is 0.0709. The van der Waals surface area contributed by atoms with Crippen LogP contribution in [0.5, 0.6) is 5.75 Å². The zero-order valence-electron chi connectivity index (χ0n) is 20.8. The number of H-pyrrole nitrogens is 1. The van der Waals surface area contributed by atoms with Gasteiger partial charge in [-0.2, -0.15) is 17.6 Å². The molecule has 0 radical (unpaired) electrons. The Morgan fingerprint density at radius 1 is 1.19 bits per heavy atom. The van der Waals surface area contributed by atoms with Crippen LogP contribution in [-0.2, 0) is 4.74 Å². The molecular formula is C25H28F5N5O2. The number of nitrogens with one attached hydrogen (secondary N) is 2. The highest BCUT2D eigenvalue weighted by atomic mass is 19.4. The predicted octanol–water partition coefficient (Wildman–Crippen LogP) is 4.86. The summed E-state index contributed by atoms with van der Waals surface area (Å²) in [6.45, 7) is 6.53. The number of ether oxygens (including phenoxy) is 2. The summed E-state index contributed by atoms with van der Waals surface area (Å²) in [7, 11) is 1.15. The van der Waals surface area contributed by atoms with Crippen LogP contribution < -0.4 is 15.0 Å². The summed E-state index contributed by atoms with van der Waals surface area (Å²) >= 11 is 0. The standard InChI is InChI=1S/C25H28F5N5O2/c1-12-11-35(10-9-31-12)23-19-16(7-8-32-23)33-22(34-19)21-17(13(2)24(3,37-21)25(28,29)30)14-5-6-15(26)18(27)20(14)36-4/h5-8,12-13,17,21,31H,9-11H2,1-4H3,(H,33,34)/t12?,13-,17-,21+,24+/m0/s1. The van der Waals surface area contributed by atoms with Gasteiger partial charge in [0.15, 0.2) is 23.0 Å². The van der Waals surface area contributed by atoms with Gasteiger partial charge in [-0.15, -0.1) is 0 Å². The van der Waals surface area contributed by atoms with Gasteiger partial charge in [-0.3, -0.25) is 0 Å². The molecule has 37 heavy (non-hydrogen) atoms. The van der Waals surface area contributed by atoms with Crippen molar-refractivity contribution in [3.8, 4) is 5.75 Å². The van der Waals surface area contributed by atoms with Gasteiger partial charge in [0.25, 0.3) is 0 Å². The molecular weight excluding hydrogens is 497 g/mol. The molecule has 0 saturated carbocycles. The van der Waals surface area contributed by atoms with Gasteiger partial charge in [0.2, 0.25) is 5.82 Å². The first-order valence-electron chi connectivity index (χ1n) is 12.1. The second kappa shape index (κ2) is 9.09. The van der Waals surface area contributed by atoms with Crippen molar-refractivity contribution in [2.45, 2.75) is 50.6 Å². The molecule has 7 nitrogen and oxygen atoms in total. The molecule has 3 aromatic rings. The fraction of sp³-hybridized carbons (Fsp3) is 0.520. The van der Waals surface area contributed by atoms with Gasteiger partial charge in [-0.1, -0.05) is 13.0 Å². The third kappa shape index (κ3) is 4.10. The van der Waals surface area contributed by atoms with Crippen molar-refractivity contribution in [1.29, 1.82) is 0 Å². The number of piperazine rings is 1. The summed E-state index contributed by atoms with van der Waals surface area (Å²) in [6.07, 6.45) is -4.37. The fourth-order valence-corrected chi connectivity index (χ4v) is 5.48. The first-order valence-corrected chi connectivity index (χ1v) is 12.1. The highest BCUT2D eigenvalue weighted by Gasteiger charge is 2.65. The molecule has 2 fully saturated rings. The van der Waals surface area contributed by atoms with E-state index in [1.165, 1.54) is 13.0 Å². The van der Waals surface area contributed by atoms with Gasteiger partial charge < -0.3 is 24.7 Å². The number of alkyl halides is 3. The van der Waals surface area contributed by atoms with Gasteiger partial charge in [-0.05, 0) is 26.0 Å². The average molecular weight is 526 g/mol. The van der Waals surface area contributed by atoms with Gasteiger partial charge in [0.05, 0.1) is 12.6 Å². The molecule has 5 atom stereocenters. The summed E-state index contributed by atoms with van der Waals surface area (Å²) in [5.41, 5.74) is -1.42. The van der Waals surface area contributed by atoms with E-state index in [9.17, 15) is 22.0 Å². The second-order valence-corrected chi connectivity index (χ2v) is 9.90. The molecule has 12 heteroatoms. The number of benzene rings is 1. The number of halogens is 5. The number of rotatable bonds is 4. The van der Waals surface area contributed by atoms with Crippen molar-refractivity contribution >= 4 is 16.9 Å². The van der Waals surface area contributed by atoms with E-state index >= 15 is 0 Å². The van der Waals surface area contributed by atoms with Crippen molar-refractivity contribution in [3.05, 3.63) is 47.4 Å². The van der Waals surface area contributed by atoms with E-state index in [1.807, 2.05) is 6.92 Å². The van der Waals surface area contributed by atoms with E-state index in [4.69, 9.17) is 9.47 Å². The van der Waals surface area contributed by atoms with Gasteiger partial charge in [-0.25, -0.2) is 14.4 Å². The zero-order chi connectivity index (χ0) is 26.7. The van der Waals surface area contributed by atoms with Crippen LogP contribution in [0.15, 0.2) is 24.4 Å². The molecule has 200 valence electrons. The van der Waals surface area contributed by atoms with E-state index in [-0.39, 0.29) is 17.4 Å². The summed E-state index contributed by atoms with van der Waals surface area (Å²) in [4.78, 5) is 14.3. The van der Waals surface area contributed by atoms with Crippen molar-refractivity contribution in [2.75, 3.05) is 31.6 Å². The first-order chi connectivity index (χ1) is 17.5. The van der Waals surface area contributed by atoms with E-state index in [2.05, 4.69) is 25.2 Å². The minimum Gasteiger partial charge on any atom is -0.493 e. The number of fused-ring (bicyclic) bond motifs is 1. The Hall–Kier alpha value is -2.99. The molecule has 2 aromatic heterocycles. The smallest absolute Gasteiger partial charge is 0.417 e. The topological polar surface area (TPSA) is 75.3 Å². The zero-order valence-corrected chi connectivity index (χ0v) is 20.8. The van der Waals surface area contributed by atoms with Crippen LogP contribution in [0.4, 0.5) is 27.8 Å². The average Bonchev–Trinajstić information content (AvgIpc) is 3.40. The number of hydrogen-bond acceptors (Lipinski definition) is 6. The highest BCUT2D eigenvalue weighted by molar-refractivity contribution is 5.86. The first kappa shape index (κ1) is 25.7. The van der Waals surface area contributed by atoms with Crippen LogP contribution in [0.25, 0.3) is 11.0 Å². The normalized spacial score (nSPS) is 28.7. The lowest BCUT2D eigenvalue weighted by Gasteiger charge is -2.32. The van der Waals surface area contributed by atoms with Gasteiger partial charge in [0, 0.05) is 49.3 Å². The van der Waals surface area contributed by atoms with Crippen molar-refractivity contribution < 1.29 is 31.4 Å². The van der Waals surface area contributed by atoms with Crippen LogP contribution in [0.1, 0.15) is 44.2 Å². The van der Waals surface area contributed by atoms with Crippen LogP contribution >= 0.6 is 0 Å². The van der Waals surface area contributed by atoms with E-state index in [1.54, 1.807) is 12.3 Å². The Labute approximate surface area is 210 Å². The quantitative estimate of drug-likeness (QED) is 0.475. The third-order valence-corrected chi connectivity index (χ3v) is 7.65. The molecule has 4 heterocycles. The Morgan fingerprint density at radius 3 is 2.62 bits per heavy atom. The molecule has 2 aliphatic rings. The maximum absolute atomic E-state index is 14.7. The Morgan fingerprint density at radius 2 is 1.95 bits per heavy atom. The Balaban J connectivity index is 1.65. The van der Waals surface area contributed by atoms with Gasteiger partial charge >= 0.3 is 6.18 Å². The molecule has 2 N–H and O–H groups in total. The van der Waals surface area contributed by atoms with Crippen molar-refractivity contribution in [1.82, 2.24) is 20.3 Å². The summed E-state index contributed by atoms with van der Waals surface area (Å²) in [5, 5.41) is 3.36. The monoisotopic (exact) mass is 525 g/mol. The third-order valence-electron chi connectivity index (χ3n) is 7.65. The maximum atomic E-state index is 14.7. The SMILES string of the molecule is COc1c([C@H]2[C@H](c3nc4c(N5CCNC(C)C5)nccc4[nH]3)O[C@@](C)(C(F)(F)F)[C@H]2C)ccc(F)c1F. The van der Waals surface area contributed by atoms with Crippen molar-refractivity contribution in [2.24, 2.45) is 5.92 Å². The lowest BCUT2D eigenvalue weighted by Crippen LogP contribution is -2.49. The van der Waals surface area contributed by atoms with Crippen LogP contribution in [0, 0.1) is 17.6 Å². The molecule has 5 rings (SSSR count). The molecule has 2 aliphatic heterocycles. The number of imidazole rings is 1. The molecule has 1 aromatic carbocycles. The summed E-state index contributed by atoms with van der Waals surface area (Å²) in [5.74, 6) is -4.36. The molecule has 1 unspecified atom stereocenters. The molecule has 2 saturated heterocycles. The predicted molar refractivity (Wildman–Crippen MR) is 127 cm³/mol. The summed E-state index contributed by atoms with van der Waals surface area (Å²) < 4.78 is 82.4. The molecule has 0 aliphatic carbocycles. The lowest BCUT2D eigenvalue weighted by molar-refractivity contribution is -0.275. The second-order valence-electron chi connectivity index (χ2n) is 9.90. The number of anilines is 1. The molecule has 0 amide bonds. The maximum Gasteiger partial charge on any atom is 0.417 e. The number of methoxy groups -OCH3 is 1. The molecule has 0 bridgehead atoms. The number of aromatic nitrogens is 3.